The second-order valence-corrected chi connectivity index (χ2v) is 8.07. The molecule has 1 N–H and O–H groups in total. The second-order valence-electron chi connectivity index (χ2n) is 7.15. The van der Waals surface area contributed by atoms with Gasteiger partial charge in [-0.05, 0) is 73.3 Å². The van der Waals surface area contributed by atoms with E-state index in [1.165, 1.54) is 0 Å². The number of benzene rings is 1. The average Bonchev–Trinajstić information content (AvgIpc) is 3.29. The number of carbonyl (C=O) groups is 1. The van der Waals surface area contributed by atoms with E-state index < -0.39 is 5.60 Å². The third-order valence-electron chi connectivity index (χ3n) is 3.82. The van der Waals surface area contributed by atoms with Gasteiger partial charge in [0.25, 0.3) is 0 Å². The lowest BCUT2D eigenvalue weighted by atomic mass is 10.1. The van der Waals surface area contributed by atoms with E-state index >= 15 is 0 Å². The van der Waals surface area contributed by atoms with Crippen LogP contribution in [0.1, 0.15) is 39.2 Å². The molecule has 0 atom stereocenters. The molecular weight excluding hydrogens is 384 g/mol. The first-order valence-corrected chi connectivity index (χ1v) is 8.96. The molecule has 0 unspecified atom stereocenters. The van der Waals surface area contributed by atoms with Gasteiger partial charge >= 0.3 is 6.09 Å². The number of pyridine rings is 1. The fraction of sp³-hybridized carbons (Fsp3) is 0.368. The van der Waals surface area contributed by atoms with Crippen LogP contribution in [0.15, 0.2) is 47.1 Å². The predicted molar refractivity (Wildman–Crippen MR) is 98.7 cm³/mol. The molecule has 1 amide bonds. The van der Waals surface area contributed by atoms with Crippen molar-refractivity contribution in [1.82, 2.24) is 10.3 Å². The minimum absolute atomic E-state index is 0.323. The van der Waals surface area contributed by atoms with Crippen LogP contribution in [0.4, 0.5) is 4.79 Å². The van der Waals surface area contributed by atoms with Crippen molar-refractivity contribution in [2.45, 2.75) is 44.8 Å². The molecule has 1 heterocycles. The fourth-order valence-corrected chi connectivity index (χ4v) is 2.73. The van der Waals surface area contributed by atoms with Gasteiger partial charge in [0.15, 0.2) is 0 Å². The number of hydrogen-bond acceptors (Lipinski definition) is 4. The average molecular weight is 405 g/mol. The summed E-state index contributed by atoms with van der Waals surface area (Å²) < 4.78 is 12.0. The molecule has 132 valence electrons. The normalized spacial score (nSPS) is 15.4. The first-order valence-electron chi connectivity index (χ1n) is 8.17. The maximum atomic E-state index is 12.1. The SMILES string of the molecule is CC(C)(C)OC(=O)NC1(c2ccc(Oc3ccc(Br)cn3)cc2)CC1. The predicted octanol–water partition coefficient (Wildman–Crippen LogP) is 5.15. The Labute approximate surface area is 155 Å². The van der Waals surface area contributed by atoms with Crippen LogP contribution in [0.5, 0.6) is 11.6 Å². The minimum Gasteiger partial charge on any atom is -0.444 e. The number of nitrogens with one attached hydrogen (secondary N) is 1. The summed E-state index contributed by atoms with van der Waals surface area (Å²) in [6.07, 6.45) is 3.11. The monoisotopic (exact) mass is 404 g/mol. The van der Waals surface area contributed by atoms with Crippen molar-refractivity contribution in [3.63, 3.8) is 0 Å². The molecule has 1 aliphatic rings. The van der Waals surface area contributed by atoms with E-state index in [2.05, 4.69) is 26.2 Å². The highest BCUT2D eigenvalue weighted by atomic mass is 79.9. The van der Waals surface area contributed by atoms with E-state index in [9.17, 15) is 4.79 Å². The van der Waals surface area contributed by atoms with Gasteiger partial charge < -0.3 is 14.8 Å². The standard InChI is InChI=1S/C19H21BrN2O3/c1-18(2,3)25-17(23)22-19(10-11-19)13-4-7-15(8-5-13)24-16-9-6-14(20)12-21-16/h4-9,12H,10-11H2,1-3H3,(H,22,23). The van der Waals surface area contributed by atoms with Gasteiger partial charge in [0.2, 0.25) is 5.88 Å². The molecule has 0 bridgehead atoms. The molecule has 5 nitrogen and oxygen atoms in total. The van der Waals surface area contributed by atoms with Crippen LogP contribution in [0, 0.1) is 0 Å². The summed E-state index contributed by atoms with van der Waals surface area (Å²) >= 11 is 3.34. The van der Waals surface area contributed by atoms with Gasteiger partial charge in [-0.2, -0.15) is 0 Å². The maximum Gasteiger partial charge on any atom is 0.408 e. The molecule has 0 radical (unpaired) electrons. The first-order chi connectivity index (χ1) is 11.8. The lowest BCUT2D eigenvalue weighted by Crippen LogP contribution is -2.39. The van der Waals surface area contributed by atoms with Crippen LogP contribution in [-0.4, -0.2) is 16.7 Å². The number of amides is 1. The van der Waals surface area contributed by atoms with Crippen LogP contribution in [0.2, 0.25) is 0 Å². The third kappa shape index (κ3) is 4.72. The van der Waals surface area contributed by atoms with Crippen molar-refractivity contribution in [2.75, 3.05) is 0 Å². The zero-order chi connectivity index (χ0) is 18.1. The van der Waals surface area contributed by atoms with Crippen molar-refractivity contribution in [3.8, 4) is 11.6 Å². The Morgan fingerprint density at radius 2 is 1.84 bits per heavy atom. The molecule has 3 rings (SSSR count). The van der Waals surface area contributed by atoms with Crippen LogP contribution >= 0.6 is 15.9 Å². The molecule has 1 aliphatic carbocycles. The summed E-state index contributed by atoms with van der Waals surface area (Å²) in [5.74, 6) is 1.23. The van der Waals surface area contributed by atoms with Gasteiger partial charge in [0.05, 0.1) is 5.54 Å². The van der Waals surface area contributed by atoms with Crippen LogP contribution in [-0.2, 0) is 10.3 Å². The molecule has 1 aromatic heterocycles. The van der Waals surface area contributed by atoms with Crippen LogP contribution in [0.25, 0.3) is 0 Å². The fourth-order valence-electron chi connectivity index (χ4n) is 2.50. The molecule has 0 spiro atoms. The number of rotatable bonds is 4. The summed E-state index contributed by atoms with van der Waals surface area (Å²) in [4.78, 5) is 16.2. The molecule has 2 aromatic rings. The Morgan fingerprint density at radius 3 is 2.36 bits per heavy atom. The lowest BCUT2D eigenvalue weighted by Gasteiger charge is -2.23. The molecule has 1 saturated carbocycles. The van der Waals surface area contributed by atoms with Gasteiger partial charge in [0.1, 0.15) is 11.4 Å². The van der Waals surface area contributed by atoms with E-state index in [4.69, 9.17) is 9.47 Å². The molecule has 25 heavy (non-hydrogen) atoms. The number of nitrogens with zero attached hydrogens (tertiary/aromatic N) is 1. The van der Waals surface area contributed by atoms with E-state index in [-0.39, 0.29) is 11.6 Å². The van der Waals surface area contributed by atoms with E-state index in [1.807, 2.05) is 51.1 Å². The minimum atomic E-state index is -0.504. The Morgan fingerprint density at radius 1 is 1.16 bits per heavy atom. The first kappa shape index (κ1) is 17.7. The van der Waals surface area contributed by atoms with Crippen molar-refractivity contribution in [2.24, 2.45) is 0 Å². The highest BCUT2D eigenvalue weighted by Gasteiger charge is 2.46. The third-order valence-corrected chi connectivity index (χ3v) is 4.29. The zero-order valence-electron chi connectivity index (χ0n) is 14.5. The topological polar surface area (TPSA) is 60.5 Å². The highest BCUT2D eigenvalue weighted by molar-refractivity contribution is 9.10. The summed E-state index contributed by atoms with van der Waals surface area (Å²) in [6.45, 7) is 5.57. The molecular formula is C19H21BrN2O3. The Kier molecular flexibility index (Phi) is 4.73. The highest BCUT2D eigenvalue weighted by Crippen LogP contribution is 2.46. The second kappa shape index (κ2) is 6.67. The van der Waals surface area contributed by atoms with Gasteiger partial charge in [-0.1, -0.05) is 12.1 Å². The van der Waals surface area contributed by atoms with Gasteiger partial charge in [0, 0.05) is 16.7 Å². The van der Waals surface area contributed by atoms with Crippen LogP contribution < -0.4 is 10.1 Å². The lowest BCUT2D eigenvalue weighted by molar-refractivity contribution is 0.0495. The number of hydrogen-bond donors (Lipinski definition) is 1. The van der Waals surface area contributed by atoms with Crippen molar-refractivity contribution in [3.05, 3.63) is 52.6 Å². The number of carbonyl (C=O) groups excluding carboxylic acids is 1. The summed E-state index contributed by atoms with van der Waals surface area (Å²) in [5, 5.41) is 3.00. The number of halogens is 1. The number of aromatic nitrogens is 1. The molecule has 6 heteroatoms. The van der Waals surface area contributed by atoms with Gasteiger partial charge in [-0.25, -0.2) is 9.78 Å². The number of alkyl carbamates (subject to hydrolysis) is 1. The Hall–Kier alpha value is -2.08. The summed E-state index contributed by atoms with van der Waals surface area (Å²) in [5.41, 5.74) is 0.223. The van der Waals surface area contributed by atoms with E-state index in [0.717, 1.165) is 22.9 Å². The van der Waals surface area contributed by atoms with E-state index in [1.54, 1.807) is 12.3 Å². The quantitative estimate of drug-likeness (QED) is 0.764. The molecule has 1 fully saturated rings. The zero-order valence-corrected chi connectivity index (χ0v) is 16.1. The summed E-state index contributed by atoms with van der Waals surface area (Å²) in [7, 11) is 0. The van der Waals surface area contributed by atoms with E-state index in [0.29, 0.717) is 11.6 Å². The number of ether oxygens (including phenoxy) is 2. The van der Waals surface area contributed by atoms with Gasteiger partial charge in [-0.3, -0.25) is 0 Å². The van der Waals surface area contributed by atoms with Gasteiger partial charge in [-0.15, -0.1) is 0 Å². The van der Waals surface area contributed by atoms with Crippen molar-refractivity contribution < 1.29 is 14.3 Å². The molecule has 1 aromatic carbocycles. The van der Waals surface area contributed by atoms with Crippen molar-refractivity contribution in [1.29, 1.82) is 0 Å². The largest absolute Gasteiger partial charge is 0.444 e. The Bertz CT molecular complexity index is 748. The molecule has 0 aliphatic heterocycles. The summed E-state index contributed by atoms with van der Waals surface area (Å²) in [6, 6.07) is 11.4. The maximum absolute atomic E-state index is 12.1. The smallest absolute Gasteiger partial charge is 0.408 e. The Balaban J connectivity index is 1.65. The van der Waals surface area contributed by atoms with Crippen molar-refractivity contribution >= 4 is 22.0 Å². The van der Waals surface area contributed by atoms with Crippen LogP contribution in [0.3, 0.4) is 0 Å². The molecule has 0 saturated heterocycles.